The third-order valence-corrected chi connectivity index (χ3v) is 6.16. The molecule has 1 unspecified atom stereocenters. The fourth-order valence-corrected chi connectivity index (χ4v) is 4.37. The van der Waals surface area contributed by atoms with Gasteiger partial charge in [-0.3, -0.25) is 0 Å². The lowest BCUT2D eigenvalue weighted by molar-refractivity contribution is 0.340. The molecule has 1 fully saturated rings. The van der Waals surface area contributed by atoms with Crippen LogP contribution in [-0.4, -0.2) is 44.2 Å². The van der Waals surface area contributed by atoms with Gasteiger partial charge in [-0.05, 0) is 44.1 Å². The van der Waals surface area contributed by atoms with Crippen molar-refractivity contribution in [2.24, 2.45) is 11.8 Å². The van der Waals surface area contributed by atoms with Gasteiger partial charge in [0.15, 0.2) is 0 Å². The lowest BCUT2D eigenvalue weighted by Crippen LogP contribution is -2.35. The third kappa shape index (κ3) is 6.10. The van der Waals surface area contributed by atoms with Crippen LogP contribution in [0.3, 0.4) is 0 Å². The Morgan fingerprint density at radius 2 is 1.85 bits per heavy atom. The minimum Gasteiger partial charge on any atom is -0.314 e. The van der Waals surface area contributed by atoms with Gasteiger partial charge in [0.05, 0.1) is 5.75 Å². The standard InChI is InChI=1S/C15H32N2O2S/c1-13(2)15-7-5-10-17(11-8-15)20(18,19)12-6-9-16-14(3)4/h13-16H,5-12H2,1-4H3. The molecule has 120 valence electrons. The first-order valence-electron chi connectivity index (χ1n) is 8.04. The lowest BCUT2D eigenvalue weighted by atomic mass is 9.89. The third-order valence-electron chi connectivity index (χ3n) is 4.20. The summed E-state index contributed by atoms with van der Waals surface area (Å²) in [7, 11) is -3.06. The Morgan fingerprint density at radius 1 is 1.15 bits per heavy atom. The summed E-state index contributed by atoms with van der Waals surface area (Å²) >= 11 is 0. The summed E-state index contributed by atoms with van der Waals surface area (Å²) in [6, 6.07) is 0.419. The largest absolute Gasteiger partial charge is 0.314 e. The van der Waals surface area contributed by atoms with Crippen molar-refractivity contribution in [2.75, 3.05) is 25.4 Å². The summed E-state index contributed by atoms with van der Waals surface area (Å²) < 4.78 is 26.4. The summed E-state index contributed by atoms with van der Waals surface area (Å²) in [5, 5.41) is 3.27. The van der Waals surface area contributed by atoms with E-state index in [1.165, 1.54) is 6.42 Å². The van der Waals surface area contributed by atoms with E-state index in [1.807, 2.05) is 0 Å². The van der Waals surface area contributed by atoms with Crippen LogP contribution in [0.1, 0.15) is 53.4 Å². The maximum Gasteiger partial charge on any atom is 0.214 e. The van der Waals surface area contributed by atoms with Crippen LogP contribution >= 0.6 is 0 Å². The van der Waals surface area contributed by atoms with Crippen LogP contribution in [-0.2, 0) is 10.0 Å². The Bertz CT molecular complexity index is 366. The molecule has 1 aliphatic rings. The molecule has 1 rings (SSSR count). The van der Waals surface area contributed by atoms with Crippen molar-refractivity contribution in [1.29, 1.82) is 0 Å². The van der Waals surface area contributed by atoms with Gasteiger partial charge >= 0.3 is 0 Å². The summed E-state index contributed by atoms with van der Waals surface area (Å²) in [4.78, 5) is 0. The minimum atomic E-state index is -3.06. The van der Waals surface area contributed by atoms with Crippen molar-refractivity contribution in [3.05, 3.63) is 0 Å². The SMILES string of the molecule is CC(C)NCCCS(=O)(=O)N1CCCC(C(C)C)CC1. The molecule has 20 heavy (non-hydrogen) atoms. The molecule has 0 aliphatic carbocycles. The van der Waals surface area contributed by atoms with Crippen molar-refractivity contribution < 1.29 is 8.42 Å². The summed E-state index contributed by atoms with van der Waals surface area (Å²) in [5.74, 6) is 1.62. The predicted octanol–water partition coefficient (Wildman–Crippen LogP) is 2.46. The minimum absolute atomic E-state index is 0.277. The number of nitrogens with zero attached hydrogens (tertiary/aromatic N) is 1. The van der Waals surface area contributed by atoms with Gasteiger partial charge in [-0.15, -0.1) is 0 Å². The summed E-state index contributed by atoms with van der Waals surface area (Å²) in [5.41, 5.74) is 0. The van der Waals surface area contributed by atoms with Gasteiger partial charge < -0.3 is 5.32 Å². The molecule has 1 heterocycles. The molecule has 1 atom stereocenters. The Kier molecular flexibility index (Phi) is 7.48. The van der Waals surface area contributed by atoms with Crippen LogP contribution in [0.4, 0.5) is 0 Å². The smallest absolute Gasteiger partial charge is 0.214 e. The van der Waals surface area contributed by atoms with Crippen molar-refractivity contribution in [1.82, 2.24) is 9.62 Å². The first kappa shape index (κ1) is 17.9. The Labute approximate surface area is 125 Å². The molecule has 0 aromatic carbocycles. The highest BCUT2D eigenvalue weighted by Crippen LogP contribution is 2.25. The van der Waals surface area contributed by atoms with Gasteiger partial charge in [0.1, 0.15) is 0 Å². The molecule has 1 aliphatic heterocycles. The molecule has 0 spiro atoms. The Hall–Kier alpha value is -0.130. The van der Waals surface area contributed by atoms with E-state index in [-0.39, 0.29) is 5.75 Å². The number of rotatable bonds is 7. The van der Waals surface area contributed by atoms with E-state index in [9.17, 15) is 8.42 Å². The number of hydrogen-bond acceptors (Lipinski definition) is 3. The lowest BCUT2D eigenvalue weighted by Gasteiger charge is -2.21. The van der Waals surface area contributed by atoms with Crippen LogP contribution in [0, 0.1) is 11.8 Å². The van der Waals surface area contributed by atoms with Gasteiger partial charge in [-0.1, -0.05) is 27.7 Å². The molecule has 1 saturated heterocycles. The van der Waals surface area contributed by atoms with Crippen molar-refractivity contribution in [3.8, 4) is 0 Å². The fraction of sp³-hybridized carbons (Fsp3) is 1.00. The van der Waals surface area contributed by atoms with E-state index in [0.29, 0.717) is 37.4 Å². The zero-order valence-electron chi connectivity index (χ0n) is 13.6. The second kappa shape index (κ2) is 8.35. The van der Waals surface area contributed by atoms with E-state index in [4.69, 9.17) is 0 Å². The van der Waals surface area contributed by atoms with E-state index in [2.05, 4.69) is 33.0 Å². The van der Waals surface area contributed by atoms with Gasteiger partial charge in [-0.2, -0.15) is 0 Å². The molecule has 1 N–H and O–H groups in total. The van der Waals surface area contributed by atoms with Crippen LogP contribution in [0.5, 0.6) is 0 Å². The monoisotopic (exact) mass is 304 g/mol. The molecule has 0 amide bonds. The van der Waals surface area contributed by atoms with Gasteiger partial charge in [-0.25, -0.2) is 12.7 Å². The molecule has 0 aromatic rings. The quantitative estimate of drug-likeness (QED) is 0.735. The zero-order valence-corrected chi connectivity index (χ0v) is 14.4. The first-order valence-corrected chi connectivity index (χ1v) is 9.65. The average molecular weight is 305 g/mol. The fourth-order valence-electron chi connectivity index (χ4n) is 2.82. The molecule has 0 saturated carbocycles. The molecule has 5 heteroatoms. The molecule has 0 bridgehead atoms. The zero-order chi connectivity index (χ0) is 15.2. The highest BCUT2D eigenvalue weighted by atomic mass is 32.2. The average Bonchev–Trinajstić information content (AvgIpc) is 2.60. The highest BCUT2D eigenvalue weighted by Gasteiger charge is 2.26. The van der Waals surface area contributed by atoms with Crippen LogP contribution in [0.2, 0.25) is 0 Å². The summed E-state index contributed by atoms with van der Waals surface area (Å²) in [6.45, 7) is 10.8. The molecular weight excluding hydrogens is 272 g/mol. The van der Waals surface area contributed by atoms with Crippen molar-refractivity contribution in [2.45, 2.75) is 59.4 Å². The van der Waals surface area contributed by atoms with Crippen LogP contribution in [0.25, 0.3) is 0 Å². The highest BCUT2D eigenvalue weighted by molar-refractivity contribution is 7.89. The van der Waals surface area contributed by atoms with E-state index in [1.54, 1.807) is 4.31 Å². The maximum atomic E-state index is 12.4. The molecule has 0 aromatic heterocycles. The van der Waals surface area contributed by atoms with E-state index >= 15 is 0 Å². The second-order valence-electron chi connectivity index (χ2n) is 6.61. The number of hydrogen-bond donors (Lipinski definition) is 1. The number of sulfonamides is 1. The van der Waals surface area contributed by atoms with Gasteiger partial charge in [0, 0.05) is 19.1 Å². The van der Waals surface area contributed by atoms with Crippen molar-refractivity contribution >= 4 is 10.0 Å². The topological polar surface area (TPSA) is 49.4 Å². The van der Waals surface area contributed by atoms with Crippen molar-refractivity contribution in [3.63, 3.8) is 0 Å². The molecule has 0 radical (unpaired) electrons. The first-order chi connectivity index (χ1) is 9.33. The number of nitrogens with one attached hydrogen (secondary N) is 1. The second-order valence-corrected chi connectivity index (χ2v) is 8.70. The predicted molar refractivity (Wildman–Crippen MR) is 85.3 cm³/mol. The molecular formula is C15H32N2O2S. The molecule has 4 nitrogen and oxygen atoms in total. The summed E-state index contributed by atoms with van der Waals surface area (Å²) in [6.07, 6.45) is 3.89. The van der Waals surface area contributed by atoms with Gasteiger partial charge in [0.25, 0.3) is 0 Å². The van der Waals surface area contributed by atoms with Crippen LogP contribution < -0.4 is 5.32 Å². The van der Waals surface area contributed by atoms with E-state index in [0.717, 1.165) is 19.4 Å². The van der Waals surface area contributed by atoms with Crippen LogP contribution in [0.15, 0.2) is 0 Å². The Balaban J connectivity index is 2.43. The Morgan fingerprint density at radius 3 is 2.45 bits per heavy atom. The normalized spacial score (nSPS) is 22.4. The van der Waals surface area contributed by atoms with E-state index < -0.39 is 10.0 Å². The maximum absolute atomic E-state index is 12.4. The van der Waals surface area contributed by atoms with Gasteiger partial charge in [0.2, 0.25) is 10.0 Å².